The number of carbonyl (C=O) groups is 2. The Morgan fingerprint density at radius 3 is 2.41 bits per heavy atom. The van der Waals surface area contributed by atoms with Gasteiger partial charge in [0.05, 0.1) is 6.61 Å². The van der Waals surface area contributed by atoms with Crippen molar-refractivity contribution in [2.24, 2.45) is 0 Å². The maximum atomic E-state index is 11.3. The normalized spacial score (nSPS) is 38.8. The van der Waals surface area contributed by atoms with E-state index in [9.17, 15) is 40.2 Å². The first-order valence-electron chi connectivity index (χ1n) is 7.66. The van der Waals surface area contributed by atoms with Gasteiger partial charge in [0.2, 0.25) is 12.2 Å². The van der Waals surface area contributed by atoms with Crippen molar-refractivity contribution in [3.8, 4) is 0 Å². The number of amides is 1. The van der Waals surface area contributed by atoms with Gasteiger partial charge < -0.3 is 55.0 Å². The molecule has 27 heavy (non-hydrogen) atoms. The summed E-state index contributed by atoms with van der Waals surface area (Å²) < 4.78 is 15.2. The van der Waals surface area contributed by atoms with Crippen LogP contribution in [0.2, 0.25) is 0 Å². The molecule has 0 aromatic rings. The van der Waals surface area contributed by atoms with Crippen LogP contribution in [0.15, 0.2) is 11.8 Å². The van der Waals surface area contributed by atoms with E-state index in [0.717, 1.165) is 6.92 Å². The maximum absolute atomic E-state index is 11.3. The fourth-order valence-corrected chi connectivity index (χ4v) is 2.66. The number of carbonyl (C=O) groups excluding carboxylic acids is 2. The van der Waals surface area contributed by atoms with Crippen molar-refractivity contribution < 1.29 is 84.0 Å². The number of aliphatic hydroxyl groups excluding tert-OH is 5. The SMILES string of the molecule is CC(=O)N[C@H]1C(O)O[C@H](CO)[C@H](O)[C@@H]1OC1OC(C(=O)[O-])=C[C@H](O)[C@H]1O.[Na+]. The molecule has 2 aliphatic rings. The van der Waals surface area contributed by atoms with Gasteiger partial charge in [0.15, 0.2) is 6.29 Å². The molecular formula is C14H20NNaO11. The molecular weight excluding hydrogens is 381 g/mol. The van der Waals surface area contributed by atoms with E-state index in [4.69, 9.17) is 14.2 Å². The van der Waals surface area contributed by atoms with E-state index in [-0.39, 0.29) is 29.6 Å². The second kappa shape index (κ2) is 10.1. The summed E-state index contributed by atoms with van der Waals surface area (Å²) in [6, 6.07) is -1.34. The fraction of sp³-hybridized carbons (Fsp3) is 0.714. The number of aliphatic hydroxyl groups is 5. The number of hydrogen-bond donors (Lipinski definition) is 6. The molecule has 12 nitrogen and oxygen atoms in total. The zero-order valence-corrected chi connectivity index (χ0v) is 16.6. The van der Waals surface area contributed by atoms with E-state index < -0.39 is 73.4 Å². The monoisotopic (exact) mass is 401 g/mol. The molecule has 1 fully saturated rings. The van der Waals surface area contributed by atoms with Crippen molar-refractivity contribution in [2.45, 2.75) is 56.1 Å². The first-order valence-corrected chi connectivity index (χ1v) is 7.66. The second-order valence-electron chi connectivity index (χ2n) is 5.85. The molecule has 8 atom stereocenters. The molecule has 1 saturated heterocycles. The molecule has 0 aliphatic carbocycles. The molecule has 2 unspecified atom stereocenters. The van der Waals surface area contributed by atoms with Crippen LogP contribution in [0.4, 0.5) is 0 Å². The van der Waals surface area contributed by atoms with Crippen molar-refractivity contribution in [3.05, 3.63) is 11.8 Å². The van der Waals surface area contributed by atoms with Gasteiger partial charge in [0.25, 0.3) is 0 Å². The van der Waals surface area contributed by atoms with Gasteiger partial charge in [-0.1, -0.05) is 0 Å². The van der Waals surface area contributed by atoms with Crippen LogP contribution >= 0.6 is 0 Å². The van der Waals surface area contributed by atoms with Crippen LogP contribution in [0.25, 0.3) is 0 Å². The third-order valence-corrected chi connectivity index (χ3v) is 3.93. The zero-order chi connectivity index (χ0) is 19.6. The molecule has 0 aromatic carbocycles. The quantitative estimate of drug-likeness (QED) is 0.239. The first kappa shape index (κ1) is 24.2. The number of carboxylic acids is 1. The Balaban J connectivity index is 0.00000364. The molecule has 0 radical (unpaired) electrons. The van der Waals surface area contributed by atoms with E-state index >= 15 is 0 Å². The van der Waals surface area contributed by atoms with Gasteiger partial charge in [0, 0.05) is 6.92 Å². The largest absolute Gasteiger partial charge is 1.00 e. The van der Waals surface area contributed by atoms with Crippen LogP contribution in [0.1, 0.15) is 6.92 Å². The molecule has 13 heteroatoms. The van der Waals surface area contributed by atoms with Crippen molar-refractivity contribution in [1.82, 2.24) is 5.32 Å². The smallest absolute Gasteiger partial charge is 0.542 e. The van der Waals surface area contributed by atoms with Gasteiger partial charge in [0.1, 0.15) is 48.3 Å². The summed E-state index contributed by atoms with van der Waals surface area (Å²) >= 11 is 0. The molecule has 6 N–H and O–H groups in total. The van der Waals surface area contributed by atoms with Crippen molar-refractivity contribution >= 4 is 11.9 Å². The van der Waals surface area contributed by atoms with Gasteiger partial charge >= 0.3 is 29.6 Å². The molecule has 0 aromatic heterocycles. The minimum Gasteiger partial charge on any atom is -0.542 e. The van der Waals surface area contributed by atoms with E-state index in [0.29, 0.717) is 6.08 Å². The molecule has 0 bridgehead atoms. The maximum Gasteiger partial charge on any atom is 1.00 e. The number of rotatable bonds is 5. The molecule has 148 valence electrons. The van der Waals surface area contributed by atoms with E-state index in [1.165, 1.54) is 0 Å². The third kappa shape index (κ3) is 5.60. The summed E-state index contributed by atoms with van der Waals surface area (Å²) in [5.41, 5.74) is 0. The summed E-state index contributed by atoms with van der Waals surface area (Å²) in [4.78, 5) is 22.2. The second-order valence-corrected chi connectivity index (χ2v) is 5.85. The van der Waals surface area contributed by atoms with Crippen LogP contribution < -0.4 is 40.0 Å². The molecule has 1 amide bonds. The van der Waals surface area contributed by atoms with Gasteiger partial charge in [-0.15, -0.1) is 0 Å². The van der Waals surface area contributed by atoms with Crippen LogP contribution in [0.5, 0.6) is 0 Å². The number of nitrogens with one attached hydrogen (secondary N) is 1. The molecule has 0 spiro atoms. The van der Waals surface area contributed by atoms with Crippen molar-refractivity contribution in [1.29, 1.82) is 0 Å². The van der Waals surface area contributed by atoms with Crippen molar-refractivity contribution in [2.75, 3.05) is 6.61 Å². The summed E-state index contributed by atoms with van der Waals surface area (Å²) in [5.74, 6) is -3.19. The summed E-state index contributed by atoms with van der Waals surface area (Å²) in [7, 11) is 0. The zero-order valence-electron chi connectivity index (χ0n) is 14.6. The number of aliphatic carboxylic acids is 1. The predicted octanol–water partition coefficient (Wildman–Crippen LogP) is -8.34. The summed E-state index contributed by atoms with van der Waals surface area (Å²) in [5, 5.41) is 62.3. The van der Waals surface area contributed by atoms with Crippen LogP contribution in [0.3, 0.4) is 0 Å². The van der Waals surface area contributed by atoms with E-state index in [1.807, 2.05) is 0 Å². The van der Waals surface area contributed by atoms with Gasteiger partial charge in [-0.05, 0) is 6.08 Å². The Kier molecular flexibility index (Phi) is 9.08. The number of ether oxygens (including phenoxy) is 3. The summed E-state index contributed by atoms with van der Waals surface area (Å²) in [6.45, 7) is 0.423. The Bertz CT molecular complexity index is 573. The van der Waals surface area contributed by atoms with Crippen LogP contribution in [-0.4, -0.2) is 93.2 Å². The van der Waals surface area contributed by atoms with Crippen LogP contribution in [0, 0.1) is 0 Å². The predicted molar refractivity (Wildman–Crippen MR) is 76.4 cm³/mol. The van der Waals surface area contributed by atoms with E-state index in [2.05, 4.69) is 5.32 Å². The number of carboxylic acid groups (broad SMARTS) is 1. The first-order chi connectivity index (χ1) is 12.1. The molecule has 2 heterocycles. The van der Waals surface area contributed by atoms with Gasteiger partial charge in [-0.2, -0.15) is 0 Å². The Hall–Kier alpha value is -0.800. The Morgan fingerprint density at radius 2 is 1.89 bits per heavy atom. The molecule has 2 rings (SSSR count). The molecule has 2 aliphatic heterocycles. The standard InChI is InChI=1S/C14H21NO11.Na/c1-4(17)15-8-11(10(20)7(3-16)24-13(8)23)26-14-9(19)5(18)2-6(25-14)12(21)22;/h2,5,7-11,13-14,16,18-20,23H,3H2,1H3,(H,15,17)(H,21,22);/q;+1/p-1/t5-,7+,8+,9+,10-,11+,13?,14?;/m0./s1. The third-order valence-electron chi connectivity index (χ3n) is 3.93. The average molecular weight is 401 g/mol. The fourth-order valence-electron chi connectivity index (χ4n) is 2.66. The number of hydrogen-bond acceptors (Lipinski definition) is 11. The minimum atomic E-state index is -1.77. The topological polar surface area (TPSA) is 198 Å². The Morgan fingerprint density at radius 1 is 1.26 bits per heavy atom. The minimum absolute atomic E-state index is 0. The van der Waals surface area contributed by atoms with Gasteiger partial charge in [-0.25, -0.2) is 0 Å². The average Bonchev–Trinajstić information content (AvgIpc) is 2.56. The van der Waals surface area contributed by atoms with Crippen molar-refractivity contribution in [3.63, 3.8) is 0 Å². The Labute approximate surface area is 175 Å². The van der Waals surface area contributed by atoms with Crippen LogP contribution in [-0.2, 0) is 23.8 Å². The van der Waals surface area contributed by atoms with E-state index in [1.54, 1.807) is 0 Å². The van der Waals surface area contributed by atoms with Gasteiger partial charge in [-0.3, -0.25) is 4.79 Å². The summed E-state index contributed by atoms with van der Waals surface area (Å²) in [6.07, 6.45) is -10.5. The molecule has 0 saturated carbocycles.